The normalized spacial score (nSPS) is 15.8. The van der Waals surface area contributed by atoms with Crippen molar-refractivity contribution in [3.63, 3.8) is 0 Å². The van der Waals surface area contributed by atoms with E-state index in [-0.39, 0.29) is 5.41 Å². The standard InChI is InChI=1S/C65H45N/c1-64(2)56-25-13-10-23-52(56)53-35-33-47(40-61(53)64)66(45-31-28-42(29-32-45)41-16-4-3-5-17-41)46-34-37-59-55(39-46)50-21-9-8-20-49(50)51-22-11-14-26-57(51)65(59)58-27-15-12-24-54(58)63-60(65)36-30-44-38-43-18-6-7-19-48(43)62(44)63/h3-37,39-40H,38H2,1-2H3. The van der Waals surface area contributed by atoms with E-state index in [9.17, 15) is 0 Å². The first kappa shape index (κ1) is 37.4. The number of benzene rings is 10. The lowest BCUT2D eigenvalue weighted by atomic mass is 9.65. The zero-order valence-electron chi connectivity index (χ0n) is 37.0. The van der Waals surface area contributed by atoms with Gasteiger partial charge in [-0.3, -0.25) is 0 Å². The lowest BCUT2D eigenvalue weighted by Gasteiger charge is -2.36. The molecule has 0 bridgehead atoms. The van der Waals surface area contributed by atoms with Crippen LogP contribution in [0.5, 0.6) is 0 Å². The van der Waals surface area contributed by atoms with Gasteiger partial charge < -0.3 is 4.90 Å². The Kier molecular flexibility index (Phi) is 7.79. The summed E-state index contributed by atoms with van der Waals surface area (Å²) in [5.74, 6) is 0. The molecular weight excluding hydrogens is 795 g/mol. The van der Waals surface area contributed by atoms with Gasteiger partial charge in [-0.05, 0) is 154 Å². The van der Waals surface area contributed by atoms with Crippen molar-refractivity contribution < 1.29 is 0 Å². The zero-order chi connectivity index (χ0) is 43.7. The van der Waals surface area contributed by atoms with E-state index in [0.29, 0.717) is 0 Å². The van der Waals surface area contributed by atoms with Gasteiger partial charge in [-0.25, -0.2) is 0 Å². The zero-order valence-corrected chi connectivity index (χ0v) is 37.0. The van der Waals surface area contributed by atoms with Gasteiger partial charge in [0, 0.05) is 22.5 Å². The lowest BCUT2D eigenvalue weighted by Crippen LogP contribution is -2.29. The fourth-order valence-corrected chi connectivity index (χ4v) is 12.6. The fourth-order valence-electron chi connectivity index (χ4n) is 12.6. The summed E-state index contributed by atoms with van der Waals surface area (Å²) >= 11 is 0. The van der Waals surface area contributed by atoms with E-state index in [1.54, 1.807) is 0 Å². The van der Waals surface area contributed by atoms with E-state index in [1.807, 2.05) is 0 Å². The molecule has 0 fully saturated rings. The molecule has 0 N–H and O–H groups in total. The molecule has 4 aliphatic carbocycles. The quantitative estimate of drug-likeness (QED) is 0.171. The predicted octanol–water partition coefficient (Wildman–Crippen LogP) is 16.7. The van der Waals surface area contributed by atoms with Gasteiger partial charge in [-0.1, -0.05) is 202 Å². The van der Waals surface area contributed by atoms with Crippen molar-refractivity contribution in [2.45, 2.75) is 31.1 Å². The van der Waals surface area contributed by atoms with Gasteiger partial charge in [0.05, 0.1) is 5.41 Å². The highest BCUT2D eigenvalue weighted by atomic mass is 15.1. The molecule has 66 heavy (non-hydrogen) atoms. The molecule has 1 spiro atoms. The van der Waals surface area contributed by atoms with Gasteiger partial charge in [0.1, 0.15) is 0 Å². The monoisotopic (exact) mass is 839 g/mol. The molecule has 1 atom stereocenters. The highest BCUT2D eigenvalue weighted by molar-refractivity contribution is 6.03. The summed E-state index contributed by atoms with van der Waals surface area (Å²) < 4.78 is 0. The third-order valence-electron chi connectivity index (χ3n) is 15.5. The van der Waals surface area contributed by atoms with Crippen molar-refractivity contribution in [2.75, 3.05) is 4.90 Å². The summed E-state index contributed by atoms with van der Waals surface area (Å²) in [6.07, 6.45) is 0.962. The second kappa shape index (κ2) is 13.8. The Morgan fingerprint density at radius 1 is 0.303 bits per heavy atom. The summed E-state index contributed by atoms with van der Waals surface area (Å²) in [5.41, 5.74) is 29.2. The van der Waals surface area contributed by atoms with E-state index < -0.39 is 5.41 Å². The maximum absolute atomic E-state index is 2.50. The molecule has 1 heteroatoms. The number of hydrogen-bond acceptors (Lipinski definition) is 1. The van der Waals surface area contributed by atoms with Gasteiger partial charge in [0.2, 0.25) is 0 Å². The molecule has 14 rings (SSSR count). The van der Waals surface area contributed by atoms with Crippen LogP contribution in [-0.4, -0.2) is 0 Å². The minimum absolute atomic E-state index is 0.139. The third-order valence-corrected chi connectivity index (χ3v) is 15.5. The second-order valence-electron chi connectivity index (χ2n) is 19.1. The molecule has 310 valence electrons. The Morgan fingerprint density at radius 3 is 1.56 bits per heavy atom. The van der Waals surface area contributed by atoms with Gasteiger partial charge >= 0.3 is 0 Å². The van der Waals surface area contributed by atoms with Crippen LogP contribution in [0.15, 0.2) is 224 Å². The van der Waals surface area contributed by atoms with Crippen molar-refractivity contribution in [3.8, 4) is 66.8 Å². The Bertz CT molecular complexity index is 3650. The Hall–Kier alpha value is -8.00. The Balaban J connectivity index is 1.05. The van der Waals surface area contributed by atoms with E-state index >= 15 is 0 Å². The average molecular weight is 840 g/mol. The second-order valence-corrected chi connectivity index (χ2v) is 19.1. The van der Waals surface area contributed by atoms with E-state index in [4.69, 9.17) is 0 Å². The van der Waals surface area contributed by atoms with E-state index in [2.05, 4.69) is 243 Å². The van der Waals surface area contributed by atoms with Gasteiger partial charge in [0.25, 0.3) is 0 Å². The van der Waals surface area contributed by atoms with Crippen LogP contribution in [-0.2, 0) is 17.3 Å². The molecule has 0 radical (unpaired) electrons. The van der Waals surface area contributed by atoms with Crippen LogP contribution in [0.1, 0.15) is 58.4 Å². The molecule has 10 aromatic rings. The van der Waals surface area contributed by atoms with Crippen LogP contribution >= 0.6 is 0 Å². The van der Waals surface area contributed by atoms with Crippen LogP contribution in [0, 0.1) is 0 Å². The molecule has 0 amide bonds. The third kappa shape index (κ3) is 5.00. The minimum atomic E-state index is -0.576. The van der Waals surface area contributed by atoms with Crippen LogP contribution in [0.25, 0.3) is 66.8 Å². The number of hydrogen-bond donors (Lipinski definition) is 0. The number of nitrogens with zero attached hydrogens (tertiary/aromatic N) is 1. The maximum Gasteiger partial charge on any atom is 0.0725 e. The first-order valence-corrected chi connectivity index (χ1v) is 23.4. The van der Waals surface area contributed by atoms with Crippen LogP contribution in [0.2, 0.25) is 0 Å². The number of fused-ring (bicyclic) bond motifs is 19. The molecule has 0 heterocycles. The molecule has 4 aliphatic rings. The Labute approximate surface area is 387 Å². The van der Waals surface area contributed by atoms with E-state index in [1.165, 1.54) is 111 Å². The van der Waals surface area contributed by atoms with Crippen molar-refractivity contribution in [1.82, 2.24) is 0 Å². The highest BCUT2D eigenvalue weighted by Crippen LogP contribution is 2.64. The summed E-state index contributed by atoms with van der Waals surface area (Å²) in [5, 5.41) is 0. The molecule has 1 nitrogen and oxygen atoms in total. The van der Waals surface area contributed by atoms with Gasteiger partial charge in [-0.2, -0.15) is 0 Å². The summed E-state index contributed by atoms with van der Waals surface area (Å²) in [7, 11) is 0. The maximum atomic E-state index is 2.50. The minimum Gasteiger partial charge on any atom is -0.310 e. The van der Waals surface area contributed by atoms with Crippen LogP contribution < -0.4 is 4.90 Å². The molecule has 10 aromatic carbocycles. The van der Waals surface area contributed by atoms with Crippen LogP contribution in [0.3, 0.4) is 0 Å². The molecule has 0 saturated heterocycles. The molecule has 1 unspecified atom stereocenters. The summed E-state index contributed by atoms with van der Waals surface area (Å²) in [6, 6.07) is 84.9. The molecule has 0 aromatic heterocycles. The molecular formula is C65H45N. The molecule has 0 saturated carbocycles. The van der Waals surface area contributed by atoms with Crippen molar-refractivity contribution >= 4 is 17.1 Å². The van der Waals surface area contributed by atoms with Gasteiger partial charge in [0.15, 0.2) is 0 Å². The van der Waals surface area contributed by atoms with Crippen molar-refractivity contribution in [2.24, 2.45) is 0 Å². The average Bonchev–Trinajstić information content (AvgIpc) is 3.95. The van der Waals surface area contributed by atoms with E-state index in [0.717, 1.165) is 23.5 Å². The van der Waals surface area contributed by atoms with Crippen molar-refractivity contribution in [1.29, 1.82) is 0 Å². The van der Waals surface area contributed by atoms with Crippen LogP contribution in [0.4, 0.5) is 17.1 Å². The largest absolute Gasteiger partial charge is 0.310 e. The van der Waals surface area contributed by atoms with Gasteiger partial charge in [-0.15, -0.1) is 0 Å². The highest BCUT2D eigenvalue weighted by Gasteiger charge is 2.51. The Morgan fingerprint density at radius 2 is 0.803 bits per heavy atom. The number of rotatable bonds is 4. The SMILES string of the molecule is CC1(C)c2ccccc2-c2ccc(N(c3ccc(-c4ccccc4)cc3)c3ccc4c(c3)-c3ccccc3-c3ccccc3C43c4ccccc4-c4c3ccc3c4-c4ccccc4C3)cc21. The first-order valence-electron chi connectivity index (χ1n) is 23.4. The number of anilines is 3. The lowest BCUT2D eigenvalue weighted by molar-refractivity contribution is 0.660. The van der Waals surface area contributed by atoms with Crippen molar-refractivity contribution in [3.05, 3.63) is 269 Å². The fraction of sp³-hybridized carbons (Fsp3) is 0.0769. The predicted molar refractivity (Wildman–Crippen MR) is 274 cm³/mol. The first-order chi connectivity index (χ1) is 32.5. The summed E-state index contributed by atoms with van der Waals surface area (Å²) in [6.45, 7) is 4.75. The summed E-state index contributed by atoms with van der Waals surface area (Å²) in [4.78, 5) is 2.49. The topological polar surface area (TPSA) is 3.24 Å². The smallest absolute Gasteiger partial charge is 0.0725 e. The molecule has 0 aliphatic heterocycles.